The summed E-state index contributed by atoms with van der Waals surface area (Å²) in [7, 11) is -3.78. The molecule has 1 aromatic heterocycles. The molecule has 0 spiro atoms. The third-order valence-corrected chi connectivity index (χ3v) is 7.52. The Kier molecular flexibility index (Phi) is 6.41. The summed E-state index contributed by atoms with van der Waals surface area (Å²) in [5, 5.41) is 2.07. The predicted molar refractivity (Wildman–Crippen MR) is 124 cm³/mol. The molecule has 0 bridgehead atoms. The lowest BCUT2D eigenvalue weighted by molar-refractivity contribution is 0.0629. The molecule has 31 heavy (non-hydrogen) atoms. The summed E-state index contributed by atoms with van der Waals surface area (Å²) >= 11 is 1.74. The Balaban J connectivity index is 1.42. The highest BCUT2D eigenvalue weighted by atomic mass is 32.2. The molecule has 162 valence electrons. The van der Waals surface area contributed by atoms with Crippen molar-refractivity contribution in [3.8, 4) is 0 Å². The minimum Gasteiger partial charge on any atom is -0.336 e. The van der Waals surface area contributed by atoms with Gasteiger partial charge < -0.3 is 4.90 Å². The molecule has 0 aliphatic carbocycles. The number of benzene rings is 2. The standard InChI is InChI=1S/C23H25N3O3S2/c1-18-5-2-7-20(15-18)24-31(28,29)22-9-3-6-19(16-22)23(27)26-12-10-25(11-13-26)17-21-8-4-14-30-21/h2-9,14-16,24H,10-13,17H2,1H3. The fourth-order valence-electron chi connectivity index (χ4n) is 3.63. The number of rotatable bonds is 6. The molecule has 2 heterocycles. The van der Waals surface area contributed by atoms with E-state index in [0.29, 0.717) is 24.3 Å². The molecule has 1 amide bonds. The number of hydrogen-bond acceptors (Lipinski definition) is 5. The third kappa shape index (κ3) is 5.33. The maximum absolute atomic E-state index is 13.0. The summed E-state index contributed by atoms with van der Waals surface area (Å²) in [6, 6.07) is 17.6. The molecule has 0 unspecified atom stereocenters. The average Bonchev–Trinajstić information content (AvgIpc) is 3.27. The Bertz CT molecular complexity index is 1150. The first-order valence-electron chi connectivity index (χ1n) is 10.1. The first kappa shape index (κ1) is 21.5. The van der Waals surface area contributed by atoms with Gasteiger partial charge in [-0.1, -0.05) is 24.3 Å². The minimum absolute atomic E-state index is 0.0798. The zero-order valence-electron chi connectivity index (χ0n) is 17.3. The van der Waals surface area contributed by atoms with Crippen LogP contribution in [-0.4, -0.2) is 50.3 Å². The van der Waals surface area contributed by atoms with E-state index in [-0.39, 0.29) is 10.8 Å². The van der Waals surface area contributed by atoms with Crippen molar-refractivity contribution < 1.29 is 13.2 Å². The van der Waals surface area contributed by atoms with Crippen molar-refractivity contribution in [1.82, 2.24) is 9.80 Å². The maximum Gasteiger partial charge on any atom is 0.261 e. The fraction of sp³-hybridized carbons (Fsp3) is 0.261. The van der Waals surface area contributed by atoms with Crippen LogP contribution in [0.4, 0.5) is 5.69 Å². The van der Waals surface area contributed by atoms with Crippen molar-refractivity contribution in [2.75, 3.05) is 30.9 Å². The van der Waals surface area contributed by atoms with Crippen LogP contribution in [0.1, 0.15) is 20.8 Å². The van der Waals surface area contributed by atoms with E-state index < -0.39 is 10.0 Å². The van der Waals surface area contributed by atoms with Gasteiger partial charge in [-0.25, -0.2) is 8.42 Å². The summed E-state index contributed by atoms with van der Waals surface area (Å²) in [6.45, 7) is 5.66. The van der Waals surface area contributed by atoms with Gasteiger partial charge in [-0.05, 0) is 54.3 Å². The summed E-state index contributed by atoms with van der Waals surface area (Å²) in [5.74, 6) is -0.136. The van der Waals surface area contributed by atoms with E-state index in [1.54, 1.807) is 46.6 Å². The smallest absolute Gasteiger partial charge is 0.261 e. The Morgan fingerprint density at radius 3 is 2.48 bits per heavy atom. The quantitative estimate of drug-likeness (QED) is 0.614. The summed E-state index contributed by atoms with van der Waals surface area (Å²) < 4.78 is 28.2. The molecule has 1 N–H and O–H groups in total. The van der Waals surface area contributed by atoms with Crippen LogP contribution in [0.2, 0.25) is 0 Å². The number of sulfonamides is 1. The van der Waals surface area contributed by atoms with Gasteiger partial charge >= 0.3 is 0 Å². The molecule has 6 nitrogen and oxygen atoms in total. The number of anilines is 1. The molecule has 1 fully saturated rings. The zero-order chi connectivity index (χ0) is 21.8. The molecule has 0 radical (unpaired) electrons. The average molecular weight is 456 g/mol. The number of carbonyl (C=O) groups is 1. The molecular weight excluding hydrogens is 430 g/mol. The number of amides is 1. The highest BCUT2D eigenvalue weighted by Gasteiger charge is 2.24. The highest BCUT2D eigenvalue weighted by Crippen LogP contribution is 2.20. The molecule has 1 aliphatic heterocycles. The SMILES string of the molecule is Cc1cccc(NS(=O)(=O)c2cccc(C(=O)N3CCN(Cc4cccs4)CC3)c2)c1. The van der Waals surface area contributed by atoms with E-state index in [4.69, 9.17) is 0 Å². The van der Waals surface area contributed by atoms with E-state index in [1.165, 1.54) is 17.0 Å². The van der Waals surface area contributed by atoms with Crippen molar-refractivity contribution in [3.05, 3.63) is 82.0 Å². The van der Waals surface area contributed by atoms with Gasteiger partial charge in [-0.15, -0.1) is 11.3 Å². The monoisotopic (exact) mass is 455 g/mol. The molecule has 1 aliphatic rings. The lowest BCUT2D eigenvalue weighted by Gasteiger charge is -2.34. The molecule has 2 aromatic carbocycles. The van der Waals surface area contributed by atoms with Gasteiger partial charge in [0.25, 0.3) is 15.9 Å². The minimum atomic E-state index is -3.78. The number of aryl methyl sites for hydroxylation is 1. The molecule has 1 saturated heterocycles. The largest absolute Gasteiger partial charge is 0.336 e. The van der Waals surface area contributed by atoms with Crippen LogP contribution in [0.3, 0.4) is 0 Å². The van der Waals surface area contributed by atoms with Crippen LogP contribution >= 0.6 is 11.3 Å². The van der Waals surface area contributed by atoms with Crippen molar-refractivity contribution in [3.63, 3.8) is 0 Å². The molecule has 3 aromatic rings. The number of carbonyl (C=O) groups excluding carboxylic acids is 1. The highest BCUT2D eigenvalue weighted by molar-refractivity contribution is 7.92. The molecule has 8 heteroatoms. The number of nitrogens with one attached hydrogen (secondary N) is 1. The van der Waals surface area contributed by atoms with Gasteiger partial charge in [0.2, 0.25) is 0 Å². The molecule has 0 atom stereocenters. The Morgan fingerprint density at radius 1 is 1.00 bits per heavy atom. The Hall–Kier alpha value is -2.68. The van der Waals surface area contributed by atoms with Crippen LogP contribution < -0.4 is 4.72 Å². The number of piperazine rings is 1. The second-order valence-electron chi connectivity index (χ2n) is 7.65. The van der Waals surface area contributed by atoms with Crippen molar-refractivity contribution in [2.45, 2.75) is 18.4 Å². The normalized spacial score (nSPS) is 15.1. The summed E-state index contributed by atoms with van der Waals surface area (Å²) in [5.41, 5.74) is 1.85. The van der Waals surface area contributed by atoms with E-state index in [9.17, 15) is 13.2 Å². The fourth-order valence-corrected chi connectivity index (χ4v) is 5.47. The van der Waals surface area contributed by atoms with Gasteiger partial charge in [0.05, 0.1) is 4.90 Å². The summed E-state index contributed by atoms with van der Waals surface area (Å²) in [4.78, 5) is 18.5. The Morgan fingerprint density at radius 2 is 1.77 bits per heavy atom. The van der Waals surface area contributed by atoms with Crippen LogP contribution in [-0.2, 0) is 16.6 Å². The van der Waals surface area contributed by atoms with E-state index >= 15 is 0 Å². The second kappa shape index (κ2) is 9.21. The molecule has 0 saturated carbocycles. The van der Waals surface area contributed by atoms with Crippen molar-refractivity contribution in [2.24, 2.45) is 0 Å². The lowest BCUT2D eigenvalue weighted by atomic mass is 10.2. The van der Waals surface area contributed by atoms with Gasteiger partial charge in [-0.2, -0.15) is 0 Å². The number of hydrogen-bond donors (Lipinski definition) is 1. The topological polar surface area (TPSA) is 69.7 Å². The van der Waals surface area contributed by atoms with Crippen molar-refractivity contribution >= 4 is 33.0 Å². The Labute approximate surface area is 187 Å². The first-order valence-corrected chi connectivity index (χ1v) is 12.5. The van der Waals surface area contributed by atoms with E-state index in [2.05, 4.69) is 27.1 Å². The van der Waals surface area contributed by atoms with Gasteiger partial charge in [0, 0.05) is 48.9 Å². The number of thiophene rings is 1. The van der Waals surface area contributed by atoms with Gasteiger partial charge in [0.1, 0.15) is 0 Å². The third-order valence-electron chi connectivity index (χ3n) is 5.28. The lowest BCUT2D eigenvalue weighted by Crippen LogP contribution is -2.48. The van der Waals surface area contributed by atoms with Gasteiger partial charge in [-0.3, -0.25) is 14.4 Å². The second-order valence-corrected chi connectivity index (χ2v) is 10.4. The van der Waals surface area contributed by atoms with E-state index in [0.717, 1.165) is 25.2 Å². The molecule has 4 rings (SSSR count). The van der Waals surface area contributed by atoms with E-state index in [1.807, 2.05) is 13.0 Å². The van der Waals surface area contributed by atoms with Crippen LogP contribution in [0.15, 0.2) is 70.9 Å². The number of nitrogens with zero attached hydrogens (tertiary/aromatic N) is 2. The van der Waals surface area contributed by atoms with Crippen LogP contribution in [0.5, 0.6) is 0 Å². The first-order chi connectivity index (χ1) is 14.9. The van der Waals surface area contributed by atoms with Gasteiger partial charge in [0.15, 0.2) is 0 Å². The van der Waals surface area contributed by atoms with Crippen molar-refractivity contribution in [1.29, 1.82) is 0 Å². The zero-order valence-corrected chi connectivity index (χ0v) is 19.0. The predicted octanol–water partition coefficient (Wildman–Crippen LogP) is 3.82. The summed E-state index contributed by atoms with van der Waals surface area (Å²) in [6.07, 6.45) is 0. The maximum atomic E-state index is 13.0. The van der Waals surface area contributed by atoms with Crippen LogP contribution in [0, 0.1) is 6.92 Å². The van der Waals surface area contributed by atoms with Crippen LogP contribution in [0.25, 0.3) is 0 Å². The molecular formula is C23H25N3O3S2.